The number of benzene rings is 2. The van der Waals surface area contributed by atoms with Gasteiger partial charge in [-0.25, -0.2) is 0 Å². The molecule has 0 aliphatic rings. The van der Waals surface area contributed by atoms with Crippen LogP contribution in [0.3, 0.4) is 0 Å². The Balaban J connectivity index is 1.89. The Morgan fingerprint density at radius 3 is 2.33 bits per heavy atom. The van der Waals surface area contributed by atoms with Crippen LogP contribution in [0.1, 0.15) is 30.5 Å². The van der Waals surface area contributed by atoms with Crippen molar-refractivity contribution in [1.82, 2.24) is 5.32 Å². The molecule has 2 nitrogen and oxygen atoms in total. The van der Waals surface area contributed by atoms with Gasteiger partial charge in [-0.05, 0) is 41.8 Å². The molecule has 0 heterocycles. The van der Waals surface area contributed by atoms with E-state index in [0.29, 0.717) is 12.6 Å². The van der Waals surface area contributed by atoms with Crippen LogP contribution in [0.15, 0.2) is 42.5 Å². The zero-order valence-corrected chi connectivity index (χ0v) is 13.6. The standard InChI is InChI=1S/C18H22ClNO/c1-13(2)20-11-15-4-6-16(7-5-15)12-21-17-8-9-18(19)14(3)10-17/h4-10,13,20H,11-12H2,1-3H3. The van der Waals surface area contributed by atoms with Crippen LogP contribution in [0, 0.1) is 6.92 Å². The van der Waals surface area contributed by atoms with Gasteiger partial charge in [0, 0.05) is 17.6 Å². The third kappa shape index (κ3) is 5.07. The van der Waals surface area contributed by atoms with Crippen LogP contribution >= 0.6 is 11.6 Å². The van der Waals surface area contributed by atoms with Crippen LogP contribution in [0.5, 0.6) is 5.75 Å². The number of nitrogens with one attached hydrogen (secondary N) is 1. The van der Waals surface area contributed by atoms with Crippen LogP contribution in [0.4, 0.5) is 0 Å². The topological polar surface area (TPSA) is 21.3 Å². The van der Waals surface area contributed by atoms with E-state index in [-0.39, 0.29) is 0 Å². The van der Waals surface area contributed by atoms with Gasteiger partial charge in [0.25, 0.3) is 0 Å². The quantitative estimate of drug-likeness (QED) is 0.833. The fourth-order valence-electron chi connectivity index (χ4n) is 1.95. The van der Waals surface area contributed by atoms with Gasteiger partial charge in [-0.3, -0.25) is 0 Å². The van der Waals surface area contributed by atoms with Gasteiger partial charge >= 0.3 is 0 Å². The number of rotatable bonds is 6. The predicted molar refractivity (Wildman–Crippen MR) is 88.9 cm³/mol. The van der Waals surface area contributed by atoms with Crippen molar-refractivity contribution in [2.24, 2.45) is 0 Å². The van der Waals surface area contributed by atoms with Crippen molar-refractivity contribution < 1.29 is 4.74 Å². The molecule has 0 saturated heterocycles. The summed E-state index contributed by atoms with van der Waals surface area (Å²) in [6, 6.07) is 14.7. The van der Waals surface area contributed by atoms with Crippen molar-refractivity contribution in [2.75, 3.05) is 0 Å². The highest BCUT2D eigenvalue weighted by molar-refractivity contribution is 6.31. The zero-order valence-electron chi connectivity index (χ0n) is 12.8. The second kappa shape index (κ2) is 7.48. The first kappa shape index (κ1) is 15.9. The lowest BCUT2D eigenvalue weighted by molar-refractivity contribution is 0.306. The molecule has 0 aromatic heterocycles. The molecule has 0 unspecified atom stereocenters. The van der Waals surface area contributed by atoms with Crippen LogP contribution in [-0.2, 0) is 13.2 Å². The predicted octanol–water partition coefficient (Wildman–Crippen LogP) is 4.73. The summed E-state index contributed by atoms with van der Waals surface area (Å²) < 4.78 is 5.79. The van der Waals surface area contributed by atoms with Crippen LogP contribution < -0.4 is 10.1 Å². The largest absolute Gasteiger partial charge is 0.489 e. The van der Waals surface area contributed by atoms with Crippen molar-refractivity contribution in [3.63, 3.8) is 0 Å². The second-order valence-corrected chi connectivity index (χ2v) is 5.96. The third-order valence-corrected chi connectivity index (χ3v) is 3.70. The highest BCUT2D eigenvalue weighted by Crippen LogP contribution is 2.21. The average Bonchev–Trinajstić information content (AvgIpc) is 2.47. The average molecular weight is 304 g/mol. The van der Waals surface area contributed by atoms with Crippen molar-refractivity contribution in [2.45, 2.75) is 40.0 Å². The summed E-state index contributed by atoms with van der Waals surface area (Å²) in [5.74, 6) is 0.849. The Hall–Kier alpha value is -1.51. The molecular formula is C18H22ClNO. The summed E-state index contributed by atoms with van der Waals surface area (Å²) in [6.07, 6.45) is 0. The van der Waals surface area contributed by atoms with Crippen molar-refractivity contribution in [3.05, 3.63) is 64.2 Å². The van der Waals surface area contributed by atoms with Gasteiger partial charge in [-0.2, -0.15) is 0 Å². The van der Waals surface area contributed by atoms with E-state index >= 15 is 0 Å². The van der Waals surface area contributed by atoms with Gasteiger partial charge < -0.3 is 10.1 Å². The molecule has 0 bridgehead atoms. The molecule has 0 saturated carbocycles. The Morgan fingerprint density at radius 1 is 1.05 bits per heavy atom. The number of aryl methyl sites for hydroxylation is 1. The first-order valence-corrected chi connectivity index (χ1v) is 7.62. The maximum absolute atomic E-state index is 6.01. The monoisotopic (exact) mass is 303 g/mol. The third-order valence-electron chi connectivity index (χ3n) is 3.27. The molecule has 0 aliphatic heterocycles. The van der Waals surface area contributed by atoms with Crippen LogP contribution in [-0.4, -0.2) is 6.04 Å². The summed E-state index contributed by atoms with van der Waals surface area (Å²) in [5, 5.41) is 4.17. The SMILES string of the molecule is Cc1cc(OCc2ccc(CNC(C)C)cc2)ccc1Cl. The fraction of sp³-hybridized carbons (Fsp3) is 0.333. The highest BCUT2D eigenvalue weighted by atomic mass is 35.5. The number of hydrogen-bond donors (Lipinski definition) is 1. The molecule has 112 valence electrons. The lowest BCUT2D eigenvalue weighted by atomic mass is 10.1. The minimum Gasteiger partial charge on any atom is -0.489 e. The summed E-state index contributed by atoms with van der Waals surface area (Å²) >= 11 is 6.01. The van der Waals surface area contributed by atoms with Gasteiger partial charge in [-0.1, -0.05) is 49.7 Å². The van der Waals surface area contributed by atoms with Crippen molar-refractivity contribution in [3.8, 4) is 5.75 Å². The van der Waals surface area contributed by atoms with Crippen molar-refractivity contribution in [1.29, 1.82) is 0 Å². The molecule has 1 N–H and O–H groups in total. The van der Waals surface area contributed by atoms with E-state index in [9.17, 15) is 0 Å². The molecule has 3 heteroatoms. The molecule has 0 fully saturated rings. The zero-order chi connectivity index (χ0) is 15.2. The maximum atomic E-state index is 6.01. The van der Waals surface area contributed by atoms with E-state index in [4.69, 9.17) is 16.3 Å². The van der Waals surface area contributed by atoms with Crippen LogP contribution in [0.25, 0.3) is 0 Å². The Morgan fingerprint density at radius 2 is 1.71 bits per heavy atom. The molecular weight excluding hydrogens is 282 g/mol. The molecule has 2 rings (SSSR count). The molecule has 2 aromatic carbocycles. The minimum atomic E-state index is 0.501. The molecule has 0 atom stereocenters. The molecule has 21 heavy (non-hydrogen) atoms. The molecule has 0 amide bonds. The molecule has 2 aromatic rings. The summed E-state index contributed by atoms with van der Waals surface area (Å²) in [6.45, 7) is 7.74. The number of ether oxygens (including phenoxy) is 1. The summed E-state index contributed by atoms with van der Waals surface area (Å²) in [7, 11) is 0. The molecule has 0 radical (unpaired) electrons. The van der Waals surface area contributed by atoms with Crippen molar-refractivity contribution >= 4 is 11.6 Å². The Kier molecular flexibility index (Phi) is 5.66. The lowest BCUT2D eigenvalue weighted by Crippen LogP contribution is -2.21. The van der Waals surface area contributed by atoms with Gasteiger partial charge in [0.1, 0.15) is 12.4 Å². The van der Waals surface area contributed by atoms with Crippen LogP contribution in [0.2, 0.25) is 5.02 Å². The first-order valence-electron chi connectivity index (χ1n) is 7.25. The number of hydrogen-bond acceptors (Lipinski definition) is 2. The number of halogens is 1. The molecule has 0 spiro atoms. The normalized spacial score (nSPS) is 10.9. The highest BCUT2D eigenvalue weighted by Gasteiger charge is 2.00. The summed E-state index contributed by atoms with van der Waals surface area (Å²) in [5.41, 5.74) is 3.48. The fourth-order valence-corrected chi connectivity index (χ4v) is 2.07. The minimum absolute atomic E-state index is 0.501. The van der Waals surface area contributed by atoms with Gasteiger partial charge in [0.05, 0.1) is 0 Å². The van der Waals surface area contributed by atoms with E-state index in [1.807, 2.05) is 25.1 Å². The van der Waals surface area contributed by atoms with E-state index in [1.54, 1.807) is 0 Å². The second-order valence-electron chi connectivity index (χ2n) is 5.55. The Bertz CT molecular complexity index is 578. The first-order chi connectivity index (χ1) is 10.0. The maximum Gasteiger partial charge on any atom is 0.120 e. The van der Waals surface area contributed by atoms with Gasteiger partial charge in [0.2, 0.25) is 0 Å². The van der Waals surface area contributed by atoms with E-state index in [0.717, 1.165) is 28.4 Å². The van der Waals surface area contributed by atoms with E-state index < -0.39 is 0 Å². The van der Waals surface area contributed by atoms with E-state index in [1.165, 1.54) is 5.56 Å². The van der Waals surface area contributed by atoms with Gasteiger partial charge in [-0.15, -0.1) is 0 Å². The lowest BCUT2D eigenvalue weighted by Gasteiger charge is -2.10. The summed E-state index contributed by atoms with van der Waals surface area (Å²) in [4.78, 5) is 0. The Labute approximate surface area is 132 Å². The van der Waals surface area contributed by atoms with E-state index in [2.05, 4.69) is 43.4 Å². The molecule has 0 aliphatic carbocycles. The van der Waals surface area contributed by atoms with Gasteiger partial charge in [0.15, 0.2) is 0 Å². The smallest absolute Gasteiger partial charge is 0.120 e.